The third kappa shape index (κ3) is 3.20. The van der Waals surface area contributed by atoms with Crippen LogP contribution in [0.3, 0.4) is 0 Å². The Morgan fingerprint density at radius 3 is 2.65 bits per heavy atom. The van der Waals surface area contributed by atoms with Crippen molar-refractivity contribution in [2.24, 2.45) is 0 Å². The molecule has 2 aromatic carbocycles. The first kappa shape index (κ1) is 14.6. The second-order valence-electron chi connectivity index (χ2n) is 4.27. The number of ketones is 1. The predicted octanol–water partition coefficient (Wildman–Crippen LogP) is 3.98. The molecule has 0 spiro atoms. The van der Waals surface area contributed by atoms with E-state index in [9.17, 15) is 9.18 Å². The summed E-state index contributed by atoms with van der Waals surface area (Å²) in [4.78, 5) is 13.2. The van der Waals surface area contributed by atoms with Gasteiger partial charge in [-0.05, 0) is 30.0 Å². The smallest absolute Gasteiger partial charge is 0.168 e. The van der Waals surface area contributed by atoms with Crippen molar-refractivity contribution in [2.45, 2.75) is 11.3 Å². The molecule has 0 saturated carbocycles. The molecule has 0 atom stereocenters. The van der Waals surface area contributed by atoms with Gasteiger partial charge in [0.1, 0.15) is 0 Å². The van der Waals surface area contributed by atoms with E-state index in [-0.39, 0.29) is 18.0 Å². The lowest BCUT2D eigenvalue weighted by atomic mass is 10.0. The summed E-state index contributed by atoms with van der Waals surface area (Å²) in [5.41, 5.74) is 1.32. The fourth-order valence-corrected chi connectivity index (χ4v) is 2.59. The van der Waals surface area contributed by atoms with Crippen LogP contribution in [0.4, 0.5) is 4.39 Å². The van der Waals surface area contributed by atoms with Crippen LogP contribution in [0.1, 0.15) is 15.9 Å². The Morgan fingerprint density at radius 1 is 1.25 bits per heavy atom. The number of carbonyl (C=O) groups excluding carboxylic acids is 1. The predicted molar refractivity (Wildman–Crippen MR) is 79.2 cm³/mol. The van der Waals surface area contributed by atoms with Gasteiger partial charge in [-0.3, -0.25) is 4.79 Å². The van der Waals surface area contributed by atoms with Gasteiger partial charge in [-0.25, -0.2) is 4.39 Å². The maximum atomic E-state index is 13.6. The van der Waals surface area contributed by atoms with Gasteiger partial charge >= 0.3 is 0 Å². The molecule has 0 heterocycles. The summed E-state index contributed by atoms with van der Waals surface area (Å²) in [5, 5.41) is 0. The average molecular weight is 290 g/mol. The molecule has 0 amide bonds. The molecule has 0 aliphatic carbocycles. The van der Waals surface area contributed by atoms with E-state index in [4.69, 9.17) is 4.74 Å². The normalized spacial score (nSPS) is 10.3. The SMILES string of the molecule is COc1ccc(CC(=O)c2ccccc2SC)cc1F. The van der Waals surface area contributed by atoms with E-state index in [2.05, 4.69) is 0 Å². The summed E-state index contributed by atoms with van der Waals surface area (Å²) in [6.45, 7) is 0. The van der Waals surface area contributed by atoms with Crippen LogP contribution in [0.25, 0.3) is 0 Å². The minimum absolute atomic E-state index is 0.0143. The first-order valence-corrected chi connectivity index (χ1v) is 7.37. The minimum Gasteiger partial charge on any atom is -0.494 e. The Labute approximate surface area is 122 Å². The van der Waals surface area contributed by atoms with Gasteiger partial charge in [-0.15, -0.1) is 11.8 Å². The third-order valence-electron chi connectivity index (χ3n) is 2.99. The van der Waals surface area contributed by atoms with Crippen LogP contribution in [-0.4, -0.2) is 19.1 Å². The Morgan fingerprint density at radius 2 is 2.00 bits per heavy atom. The number of thioether (sulfide) groups is 1. The van der Waals surface area contributed by atoms with Crippen molar-refractivity contribution in [3.8, 4) is 5.75 Å². The summed E-state index contributed by atoms with van der Waals surface area (Å²) in [7, 11) is 1.41. The minimum atomic E-state index is -0.448. The van der Waals surface area contributed by atoms with Gasteiger partial charge in [0.2, 0.25) is 0 Å². The highest BCUT2D eigenvalue weighted by molar-refractivity contribution is 7.98. The quantitative estimate of drug-likeness (QED) is 0.615. The zero-order valence-electron chi connectivity index (χ0n) is 11.4. The molecular weight excluding hydrogens is 275 g/mol. The van der Waals surface area contributed by atoms with Crippen LogP contribution in [0.15, 0.2) is 47.4 Å². The van der Waals surface area contributed by atoms with Crippen molar-refractivity contribution in [1.29, 1.82) is 0 Å². The van der Waals surface area contributed by atoms with Crippen molar-refractivity contribution in [2.75, 3.05) is 13.4 Å². The first-order valence-electron chi connectivity index (χ1n) is 6.14. The Bertz CT molecular complexity index is 626. The topological polar surface area (TPSA) is 26.3 Å². The molecule has 0 unspecified atom stereocenters. The van der Waals surface area contributed by atoms with Crippen LogP contribution in [-0.2, 0) is 6.42 Å². The van der Waals surface area contributed by atoms with Crippen molar-refractivity contribution in [1.82, 2.24) is 0 Å². The molecule has 2 aromatic rings. The zero-order chi connectivity index (χ0) is 14.5. The monoisotopic (exact) mass is 290 g/mol. The van der Waals surface area contributed by atoms with Gasteiger partial charge in [0.25, 0.3) is 0 Å². The molecule has 104 valence electrons. The van der Waals surface area contributed by atoms with E-state index in [0.29, 0.717) is 11.1 Å². The fraction of sp³-hybridized carbons (Fsp3) is 0.188. The molecule has 0 bridgehead atoms. The lowest BCUT2D eigenvalue weighted by molar-refractivity contribution is 0.0990. The van der Waals surface area contributed by atoms with E-state index >= 15 is 0 Å². The molecule has 2 rings (SSSR count). The van der Waals surface area contributed by atoms with Crippen LogP contribution in [0.5, 0.6) is 5.75 Å². The molecule has 4 heteroatoms. The number of halogens is 1. The second kappa shape index (κ2) is 6.57. The van der Waals surface area contributed by atoms with Gasteiger partial charge in [0.15, 0.2) is 17.3 Å². The number of hydrogen-bond donors (Lipinski definition) is 0. The van der Waals surface area contributed by atoms with Crippen molar-refractivity contribution in [3.63, 3.8) is 0 Å². The molecule has 0 aliphatic heterocycles. The largest absolute Gasteiger partial charge is 0.494 e. The molecule has 0 aliphatic rings. The molecule has 0 fully saturated rings. The summed E-state index contributed by atoms with van der Waals surface area (Å²) in [6, 6.07) is 12.0. The summed E-state index contributed by atoms with van der Waals surface area (Å²) < 4.78 is 18.5. The molecule has 0 aromatic heterocycles. The lowest BCUT2D eigenvalue weighted by Crippen LogP contribution is -2.05. The Hall–Kier alpha value is -1.81. The Kier molecular flexibility index (Phi) is 4.79. The van der Waals surface area contributed by atoms with Crippen molar-refractivity contribution >= 4 is 17.5 Å². The first-order chi connectivity index (χ1) is 9.65. The molecule has 0 saturated heterocycles. The maximum Gasteiger partial charge on any atom is 0.168 e. The van der Waals surface area contributed by atoms with E-state index in [0.717, 1.165) is 4.90 Å². The van der Waals surface area contributed by atoms with E-state index in [1.54, 1.807) is 18.2 Å². The van der Waals surface area contributed by atoms with Gasteiger partial charge in [-0.1, -0.05) is 24.3 Å². The highest BCUT2D eigenvalue weighted by atomic mass is 32.2. The van der Waals surface area contributed by atoms with E-state index in [1.165, 1.54) is 24.9 Å². The summed E-state index contributed by atoms with van der Waals surface area (Å²) in [5.74, 6) is -0.277. The molecule has 0 N–H and O–H groups in total. The van der Waals surface area contributed by atoms with Crippen LogP contribution < -0.4 is 4.74 Å². The van der Waals surface area contributed by atoms with E-state index < -0.39 is 5.82 Å². The Balaban J connectivity index is 2.21. The number of benzene rings is 2. The number of hydrogen-bond acceptors (Lipinski definition) is 3. The highest BCUT2D eigenvalue weighted by Crippen LogP contribution is 2.23. The standard InChI is InChI=1S/C16H15FO2S/c1-19-15-8-7-11(9-13(15)17)10-14(18)12-5-3-4-6-16(12)20-2/h3-9H,10H2,1-2H3. The van der Waals surface area contributed by atoms with Crippen LogP contribution >= 0.6 is 11.8 Å². The molecule has 0 radical (unpaired) electrons. The number of Topliss-reactive ketones (excluding diaryl/α,β-unsaturated/α-hetero) is 1. The van der Waals surface area contributed by atoms with Crippen LogP contribution in [0, 0.1) is 5.82 Å². The second-order valence-corrected chi connectivity index (χ2v) is 5.12. The average Bonchev–Trinajstić information content (AvgIpc) is 2.47. The summed E-state index contributed by atoms with van der Waals surface area (Å²) in [6.07, 6.45) is 2.11. The van der Waals surface area contributed by atoms with Gasteiger partial charge in [0, 0.05) is 16.9 Å². The van der Waals surface area contributed by atoms with Crippen LogP contribution in [0.2, 0.25) is 0 Å². The van der Waals surface area contributed by atoms with E-state index in [1.807, 2.05) is 24.5 Å². The van der Waals surface area contributed by atoms with Gasteiger partial charge < -0.3 is 4.74 Å². The molecular formula is C16H15FO2S. The van der Waals surface area contributed by atoms with Crippen molar-refractivity contribution < 1.29 is 13.9 Å². The third-order valence-corrected chi connectivity index (χ3v) is 3.78. The zero-order valence-corrected chi connectivity index (χ0v) is 12.2. The fourth-order valence-electron chi connectivity index (χ4n) is 1.98. The number of rotatable bonds is 5. The van der Waals surface area contributed by atoms with Crippen molar-refractivity contribution in [3.05, 3.63) is 59.4 Å². The van der Waals surface area contributed by atoms with Gasteiger partial charge in [-0.2, -0.15) is 0 Å². The lowest BCUT2D eigenvalue weighted by Gasteiger charge is -2.07. The molecule has 2 nitrogen and oxygen atoms in total. The summed E-state index contributed by atoms with van der Waals surface area (Å²) >= 11 is 1.53. The number of ether oxygens (including phenoxy) is 1. The van der Waals surface area contributed by atoms with Gasteiger partial charge in [0.05, 0.1) is 7.11 Å². The maximum absolute atomic E-state index is 13.6. The number of methoxy groups -OCH3 is 1. The highest BCUT2D eigenvalue weighted by Gasteiger charge is 2.12. The number of carbonyl (C=O) groups is 1. The molecule has 20 heavy (non-hydrogen) atoms.